The predicted octanol–water partition coefficient (Wildman–Crippen LogP) is 3.59. The van der Waals surface area contributed by atoms with Crippen molar-refractivity contribution in [2.45, 2.75) is 46.5 Å². The standard InChI is InChI=1S/C14H22O/c1-4-14-8-6-5-7-12(14)11(13(14)15)9-10(2)3/h5,7,10-12H,4,6,8-9H2,1-3H3. The molecule has 15 heavy (non-hydrogen) atoms. The third kappa shape index (κ3) is 1.47. The molecule has 0 radical (unpaired) electrons. The van der Waals surface area contributed by atoms with Crippen molar-refractivity contribution in [3.63, 3.8) is 0 Å². The molecule has 1 heteroatoms. The van der Waals surface area contributed by atoms with Crippen molar-refractivity contribution in [3.05, 3.63) is 12.2 Å². The molecule has 0 saturated heterocycles. The molecule has 84 valence electrons. The van der Waals surface area contributed by atoms with Crippen LogP contribution in [0.1, 0.15) is 46.5 Å². The number of allylic oxidation sites excluding steroid dienone is 2. The second kappa shape index (κ2) is 3.77. The van der Waals surface area contributed by atoms with E-state index in [1.54, 1.807) is 0 Å². The molecule has 0 N–H and O–H groups in total. The predicted molar refractivity (Wildman–Crippen MR) is 62.5 cm³/mol. The largest absolute Gasteiger partial charge is 0.299 e. The van der Waals surface area contributed by atoms with Gasteiger partial charge in [0.05, 0.1) is 0 Å². The number of hydrogen-bond donors (Lipinski definition) is 0. The Balaban J connectivity index is 2.16. The normalized spacial score (nSPS) is 39.1. The van der Waals surface area contributed by atoms with E-state index < -0.39 is 0 Å². The molecule has 0 aromatic rings. The van der Waals surface area contributed by atoms with Crippen LogP contribution in [0.4, 0.5) is 0 Å². The molecule has 2 aliphatic rings. The van der Waals surface area contributed by atoms with Crippen molar-refractivity contribution in [1.82, 2.24) is 0 Å². The zero-order valence-corrected chi connectivity index (χ0v) is 10.1. The molecule has 0 amide bonds. The van der Waals surface area contributed by atoms with Gasteiger partial charge in [-0.1, -0.05) is 32.9 Å². The third-order valence-corrected chi connectivity index (χ3v) is 4.36. The molecule has 0 aromatic heterocycles. The van der Waals surface area contributed by atoms with E-state index in [-0.39, 0.29) is 5.41 Å². The lowest BCUT2D eigenvalue weighted by atomic mass is 9.47. The van der Waals surface area contributed by atoms with Crippen LogP contribution in [-0.2, 0) is 4.79 Å². The highest BCUT2D eigenvalue weighted by atomic mass is 16.1. The van der Waals surface area contributed by atoms with E-state index in [2.05, 4.69) is 32.9 Å². The number of fused-ring (bicyclic) bond motifs is 1. The van der Waals surface area contributed by atoms with E-state index in [1.807, 2.05) is 0 Å². The highest BCUT2D eigenvalue weighted by Gasteiger charge is 2.59. The smallest absolute Gasteiger partial charge is 0.143 e. The van der Waals surface area contributed by atoms with Crippen molar-refractivity contribution >= 4 is 5.78 Å². The summed E-state index contributed by atoms with van der Waals surface area (Å²) in [6, 6.07) is 0. The van der Waals surface area contributed by atoms with E-state index in [4.69, 9.17) is 0 Å². The Bertz CT molecular complexity index is 290. The van der Waals surface area contributed by atoms with Gasteiger partial charge in [0.25, 0.3) is 0 Å². The molecule has 2 aliphatic carbocycles. The Morgan fingerprint density at radius 2 is 2.27 bits per heavy atom. The number of rotatable bonds is 3. The topological polar surface area (TPSA) is 17.1 Å². The van der Waals surface area contributed by atoms with E-state index >= 15 is 0 Å². The van der Waals surface area contributed by atoms with Crippen molar-refractivity contribution in [2.75, 3.05) is 0 Å². The van der Waals surface area contributed by atoms with Gasteiger partial charge >= 0.3 is 0 Å². The number of carbonyl (C=O) groups excluding carboxylic acids is 1. The van der Waals surface area contributed by atoms with Gasteiger partial charge in [-0.25, -0.2) is 0 Å². The van der Waals surface area contributed by atoms with Gasteiger partial charge in [0.2, 0.25) is 0 Å². The minimum Gasteiger partial charge on any atom is -0.299 e. The summed E-state index contributed by atoms with van der Waals surface area (Å²) in [4.78, 5) is 12.3. The molecule has 1 fully saturated rings. The van der Waals surface area contributed by atoms with Crippen LogP contribution in [0.15, 0.2) is 12.2 Å². The third-order valence-electron chi connectivity index (χ3n) is 4.36. The Morgan fingerprint density at radius 1 is 1.53 bits per heavy atom. The molecular weight excluding hydrogens is 184 g/mol. The summed E-state index contributed by atoms with van der Waals surface area (Å²) in [6.07, 6.45) is 8.91. The van der Waals surface area contributed by atoms with Crippen LogP contribution in [0, 0.1) is 23.2 Å². The number of hydrogen-bond acceptors (Lipinski definition) is 1. The average Bonchev–Trinajstić information content (AvgIpc) is 2.24. The first-order chi connectivity index (χ1) is 7.12. The zero-order chi connectivity index (χ0) is 11.1. The first-order valence-corrected chi connectivity index (χ1v) is 6.33. The van der Waals surface area contributed by atoms with Crippen LogP contribution < -0.4 is 0 Å². The number of ketones is 1. The summed E-state index contributed by atoms with van der Waals surface area (Å²) in [5, 5.41) is 0. The fraction of sp³-hybridized carbons (Fsp3) is 0.786. The summed E-state index contributed by atoms with van der Waals surface area (Å²) >= 11 is 0. The maximum absolute atomic E-state index is 12.3. The molecule has 0 aromatic carbocycles. The SMILES string of the molecule is CCC12CCC=CC1C(CC(C)C)C2=O. The van der Waals surface area contributed by atoms with E-state index in [9.17, 15) is 4.79 Å². The molecule has 3 unspecified atom stereocenters. The minimum absolute atomic E-state index is 0.0499. The second-order valence-electron chi connectivity index (χ2n) is 5.60. The molecular formula is C14H22O. The second-order valence-corrected chi connectivity index (χ2v) is 5.60. The maximum Gasteiger partial charge on any atom is 0.143 e. The van der Waals surface area contributed by atoms with Gasteiger partial charge in [-0.3, -0.25) is 4.79 Å². The van der Waals surface area contributed by atoms with Gasteiger partial charge in [0, 0.05) is 11.3 Å². The van der Waals surface area contributed by atoms with Crippen LogP contribution in [0.25, 0.3) is 0 Å². The molecule has 1 saturated carbocycles. The summed E-state index contributed by atoms with van der Waals surface area (Å²) in [5.41, 5.74) is 0.0499. The Labute approximate surface area is 92.9 Å². The van der Waals surface area contributed by atoms with Gasteiger partial charge in [-0.15, -0.1) is 0 Å². The highest BCUT2D eigenvalue weighted by molar-refractivity contribution is 5.94. The number of Topliss-reactive ketones (excluding diaryl/α,β-unsaturated/α-hetero) is 1. The lowest BCUT2D eigenvalue weighted by Gasteiger charge is -2.54. The summed E-state index contributed by atoms with van der Waals surface area (Å²) < 4.78 is 0. The minimum atomic E-state index is 0.0499. The Hall–Kier alpha value is -0.590. The first-order valence-electron chi connectivity index (χ1n) is 6.33. The summed E-state index contributed by atoms with van der Waals surface area (Å²) in [5.74, 6) is 2.10. The number of carbonyl (C=O) groups is 1. The van der Waals surface area contributed by atoms with Crippen LogP contribution in [0.3, 0.4) is 0 Å². The Morgan fingerprint density at radius 3 is 2.87 bits per heavy atom. The van der Waals surface area contributed by atoms with Crippen molar-refractivity contribution in [2.24, 2.45) is 23.2 Å². The highest BCUT2D eigenvalue weighted by Crippen LogP contribution is 2.57. The molecule has 1 nitrogen and oxygen atoms in total. The van der Waals surface area contributed by atoms with Gasteiger partial charge in [0.15, 0.2) is 0 Å². The van der Waals surface area contributed by atoms with E-state index in [1.165, 1.54) is 0 Å². The quantitative estimate of drug-likeness (QED) is 0.645. The monoisotopic (exact) mass is 206 g/mol. The van der Waals surface area contributed by atoms with Crippen molar-refractivity contribution < 1.29 is 4.79 Å². The molecule has 3 atom stereocenters. The van der Waals surface area contributed by atoms with Crippen LogP contribution in [-0.4, -0.2) is 5.78 Å². The van der Waals surface area contributed by atoms with Crippen LogP contribution in [0.2, 0.25) is 0 Å². The zero-order valence-electron chi connectivity index (χ0n) is 10.1. The Kier molecular flexibility index (Phi) is 2.74. The molecule has 0 aliphatic heterocycles. The van der Waals surface area contributed by atoms with Crippen molar-refractivity contribution in [1.29, 1.82) is 0 Å². The van der Waals surface area contributed by atoms with Gasteiger partial charge in [0.1, 0.15) is 5.78 Å². The van der Waals surface area contributed by atoms with Gasteiger partial charge in [-0.05, 0) is 37.5 Å². The first kappa shape index (κ1) is 10.9. The molecule has 0 spiro atoms. The summed E-state index contributed by atoms with van der Waals surface area (Å²) in [6.45, 7) is 6.60. The average molecular weight is 206 g/mol. The lowest BCUT2D eigenvalue weighted by Crippen LogP contribution is -2.57. The molecule has 0 heterocycles. The lowest BCUT2D eigenvalue weighted by molar-refractivity contribution is -0.156. The van der Waals surface area contributed by atoms with Crippen LogP contribution in [0.5, 0.6) is 0 Å². The van der Waals surface area contributed by atoms with Gasteiger partial charge in [-0.2, -0.15) is 0 Å². The van der Waals surface area contributed by atoms with E-state index in [0.29, 0.717) is 23.5 Å². The molecule has 0 bridgehead atoms. The van der Waals surface area contributed by atoms with Gasteiger partial charge < -0.3 is 0 Å². The summed E-state index contributed by atoms with van der Waals surface area (Å²) in [7, 11) is 0. The fourth-order valence-electron chi connectivity index (χ4n) is 3.53. The maximum atomic E-state index is 12.3. The van der Waals surface area contributed by atoms with Crippen molar-refractivity contribution in [3.8, 4) is 0 Å². The molecule has 2 rings (SSSR count). The van der Waals surface area contributed by atoms with Crippen LogP contribution >= 0.6 is 0 Å². The van der Waals surface area contributed by atoms with E-state index in [0.717, 1.165) is 25.7 Å². The fourth-order valence-corrected chi connectivity index (χ4v) is 3.53.